The van der Waals surface area contributed by atoms with Crippen molar-refractivity contribution in [3.63, 3.8) is 0 Å². The van der Waals surface area contributed by atoms with E-state index in [9.17, 15) is 4.79 Å². The predicted octanol–water partition coefficient (Wildman–Crippen LogP) is 0.0392. The Hall–Kier alpha value is -0.610. The number of nitrogens with one attached hydrogen (secondary N) is 1. The normalized spacial score (nSPS) is 25.1. The van der Waals surface area contributed by atoms with Crippen LogP contribution in [0.4, 0.5) is 0 Å². The number of carbonyl (C=O) groups is 1. The average molecular weight is 213 g/mol. The summed E-state index contributed by atoms with van der Waals surface area (Å²) in [6.45, 7) is 6.00. The van der Waals surface area contributed by atoms with Crippen molar-refractivity contribution < 1.29 is 4.79 Å². The third-order valence-corrected chi connectivity index (χ3v) is 3.11. The number of rotatable bonds is 5. The number of hydrogen-bond acceptors (Lipinski definition) is 3. The van der Waals surface area contributed by atoms with Crippen molar-refractivity contribution in [2.75, 3.05) is 33.2 Å². The van der Waals surface area contributed by atoms with Crippen LogP contribution >= 0.6 is 0 Å². The Bertz CT molecular complexity index is 206. The SMILES string of the molecule is CNCC1CCCN(CC(C)C(N)=O)C1. The first kappa shape index (κ1) is 12.5. The molecular weight excluding hydrogens is 190 g/mol. The van der Waals surface area contributed by atoms with Gasteiger partial charge in [-0.15, -0.1) is 0 Å². The molecule has 1 heterocycles. The van der Waals surface area contributed by atoms with E-state index >= 15 is 0 Å². The van der Waals surface area contributed by atoms with Gasteiger partial charge in [-0.3, -0.25) is 4.79 Å². The van der Waals surface area contributed by atoms with Gasteiger partial charge in [0.15, 0.2) is 0 Å². The van der Waals surface area contributed by atoms with Gasteiger partial charge in [0.2, 0.25) is 5.91 Å². The van der Waals surface area contributed by atoms with Crippen LogP contribution in [-0.2, 0) is 4.79 Å². The fourth-order valence-corrected chi connectivity index (χ4v) is 2.25. The predicted molar refractivity (Wildman–Crippen MR) is 61.4 cm³/mol. The van der Waals surface area contributed by atoms with E-state index < -0.39 is 0 Å². The maximum atomic E-state index is 11.0. The minimum Gasteiger partial charge on any atom is -0.369 e. The second-order valence-electron chi connectivity index (χ2n) is 4.63. The van der Waals surface area contributed by atoms with Crippen molar-refractivity contribution in [3.05, 3.63) is 0 Å². The Morgan fingerprint density at radius 1 is 1.67 bits per heavy atom. The summed E-state index contributed by atoms with van der Waals surface area (Å²) in [5, 5.41) is 3.22. The molecule has 0 bridgehead atoms. The van der Waals surface area contributed by atoms with E-state index in [2.05, 4.69) is 10.2 Å². The molecule has 0 radical (unpaired) electrons. The first-order chi connectivity index (χ1) is 7.13. The van der Waals surface area contributed by atoms with E-state index in [4.69, 9.17) is 5.73 Å². The highest BCUT2D eigenvalue weighted by molar-refractivity contribution is 5.76. The van der Waals surface area contributed by atoms with Crippen LogP contribution < -0.4 is 11.1 Å². The Morgan fingerprint density at radius 3 is 3.00 bits per heavy atom. The molecule has 15 heavy (non-hydrogen) atoms. The molecule has 0 aliphatic carbocycles. The van der Waals surface area contributed by atoms with Crippen LogP contribution in [0.1, 0.15) is 19.8 Å². The summed E-state index contributed by atoms with van der Waals surface area (Å²) in [5.74, 6) is 0.507. The van der Waals surface area contributed by atoms with Crippen LogP contribution in [0, 0.1) is 11.8 Å². The summed E-state index contributed by atoms with van der Waals surface area (Å²) in [6, 6.07) is 0. The van der Waals surface area contributed by atoms with Crippen molar-refractivity contribution in [2.45, 2.75) is 19.8 Å². The zero-order valence-electron chi connectivity index (χ0n) is 9.83. The number of hydrogen-bond donors (Lipinski definition) is 2. The number of likely N-dealkylation sites (tertiary alicyclic amines) is 1. The highest BCUT2D eigenvalue weighted by atomic mass is 16.1. The summed E-state index contributed by atoms with van der Waals surface area (Å²) in [7, 11) is 1.99. The molecule has 0 aromatic rings. The number of primary amides is 1. The summed E-state index contributed by atoms with van der Waals surface area (Å²) < 4.78 is 0. The summed E-state index contributed by atoms with van der Waals surface area (Å²) >= 11 is 0. The lowest BCUT2D eigenvalue weighted by Crippen LogP contribution is -2.43. The Morgan fingerprint density at radius 2 is 2.40 bits per heavy atom. The number of amides is 1. The van der Waals surface area contributed by atoms with Gasteiger partial charge in [-0.1, -0.05) is 6.92 Å². The lowest BCUT2D eigenvalue weighted by atomic mass is 9.97. The summed E-state index contributed by atoms with van der Waals surface area (Å²) in [4.78, 5) is 13.3. The van der Waals surface area contributed by atoms with Crippen LogP contribution in [0.5, 0.6) is 0 Å². The van der Waals surface area contributed by atoms with Crippen molar-refractivity contribution in [1.29, 1.82) is 0 Å². The third-order valence-electron chi connectivity index (χ3n) is 3.11. The maximum Gasteiger partial charge on any atom is 0.221 e. The molecule has 2 unspecified atom stereocenters. The van der Waals surface area contributed by atoms with E-state index in [1.54, 1.807) is 0 Å². The number of nitrogens with zero attached hydrogens (tertiary/aromatic N) is 1. The second kappa shape index (κ2) is 6.08. The molecule has 1 aliphatic rings. The molecule has 1 amide bonds. The van der Waals surface area contributed by atoms with Crippen molar-refractivity contribution in [1.82, 2.24) is 10.2 Å². The van der Waals surface area contributed by atoms with E-state index in [-0.39, 0.29) is 11.8 Å². The highest BCUT2D eigenvalue weighted by Gasteiger charge is 2.21. The number of carbonyl (C=O) groups excluding carboxylic acids is 1. The van der Waals surface area contributed by atoms with E-state index in [0.717, 1.165) is 32.1 Å². The first-order valence-electron chi connectivity index (χ1n) is 5.79. The van der Waals surface area contributed by atoms with Crippen molar-refractivity contribution in [3.8, 4) is 0 Å². The molecule has 1 aliphatic heterocycles. The molecule has 1 fully saturated rings. The smallest absolute Gasteiger partial charge is 0.221 e. The monoisotopic (exact) mass is 213 g/mol. The molecule has 4 heteroatoms. The van der Waals surface area contributed by atoms with Gasteiger partial charge in [0, 0.05) is 19.0 Å². The molecular formula is C11H23N3O. The van der Waals surface area contributed by atoms with E-state index in [1.165, 1.54) is 12.8 Å². The Kier molecular flexibility index (Phi) is 5.05. The van der Waals surface area contributed by atoms with Crippen LogP contribution in [0.15, 0.2) is 0 Å². The van der Waals surface area contributed by atoms with Gasteiger partial charge in [-0.05, 0) is 38.9 Å². The number of nitrogens with two attached hydrogens (primary N) is 1. The molecule has 88 valence electrons. The highest BCUT2D eigenvalue weighted by Crippen LogP contribution is 2.16. The first-order valence-corrected chi connectivity index (χ1v) is 5.79. The zero-order valence-corrected chi connectivity index (χ0v) is 9.83. The molecule has 0 aromatic heterocycles. The van der Waals surface area contributed by atoms with E-state index in [1.807, 2.05) is 14.0 Å². The number of piperidine rings is 1. The third kappa shape index (κ3) is 4.18. The fraction of sp³-hybridized carbons (Fsp3) is 0.909. The van der Waals surface area contributed by atoms with Gasteiger partial charge in [0.25, 0.3) is 0 Å². The van der Waals surface area contributed by atoms with E-state index in [0.29, 0.717) is 0 Å². The Balaban J connectivity index is 2.32. The zero-order chi connectivity index (χ0) is 11.3. The summed E-state index contributed by atoms with van der Waals surface area (Å²) in [6.07, 6.45) is 2.53. The maximum absolute atomic E-state index is 11.0. The molecule has 3 N–H and O–H groups in total. The minimum atomic E-state index is -0.189. The van der Waals surface area contributed by atoms with Crippen LogP contribution in [0.2, 0.25) is 0 Å². The second-order valence-corrected chi connectivity index (χ2v) is 4.63. The van der Waals surface area contributed by atoms with Crippen molar-refractivity contribution >= 4 is 5.91 Å². The molecule has 2 atom stereocenters. The molecule has 1 rings (SSSR count). The Labute approximate surface area is 92.2 Å². The van der Waals surface area contributed by atoms with Crippen LogP contribution in [0.3, 0.4) is 0 Å². The molecule has 0 saturated carbocycles. The summed E-state index contributed by atoms with van der Waals surface area (Å²) in [5.41, 5.74) is 5.27. The van der Waals surface area contributed by atoms with Gasteiger partial charge in [-0.25, -0.2) is 0 Å². The van der Waals surface area contributed by atoms with Crippen LogP contribution in [-0.4, -0.2) is 44.0 Å². The van der Waals surface area contributed by atoms with Crippen molar-refractivity contribution in [2.24, 2.45) is 17.6 Å². The van der Waals surface area contributed by atoms with Gasteiger partial charge in [-0.2, -0.15) is 0 Å². The molecule has 0 aromatic carbocycles. The quantitative estimate of drug-likeness (QED) is 0.678. The van der Waals surface area contributed by atoms with Gasteiger partial charge in [0.05, 0.1) is 0 Å². The van der Waals surface area contributed by atoms with Gasteiger partial charge in [0.1, 0.15) is 0 Å². The molecule has 1 saturated heterocycles. The lowest BCUT2D eigenvalue weighted by Gasteiger charge is -2.33. The molecule has 0 spiro atoms. The topological polar surface area (TPSA) is 58.4 Å². The average Bonchev–Trinajstić information content (AvgIpc) is 2.18. The van der Waals surface area contributed by atoms with Crippen LogP contribution in [0.25, 0.3) is 0 Å². The largest absolute Gasteiger partial charge is 0.369 e. The minimum absolute atomic E-state index is 0.0293. The van der Waals surface area contributed by atoms with Gasteiger partial charge >= 0.3 is 0 Å². The standard InChI is InChI=1S/C11H23N3O/c1-9(11(12)15)7-14-5-3-4-10(8-14)6-13-2/h9-10,13H,3-8H2,1-2H3,(H2,12,15). The lowest BCUT2D eigenvalue weighted by molar-refractivity contribution is -0.122. The molecule has 4 nitrogen and oxygen atoms in total. The fourth-order valence-electron chi connectivity index (χ4n) is 2.25. The van der Waals surface area contributed by atoms with Gasteiger partial charge < -0.3 is 16.0 Å².